The third kappa shape index (κ3) is 3.14. The van der Waals surface area contributed by atoms with Crippen LogP contribution in [0.25, 0.3) is 32.9 Å². The summed E-state index contributed by atoms with van der Waals surface area (Å²) in [4.78, 5) is 17.2. The number of aromatic carboxylic acids is 1. The van der Waals surface area contributed by atoms with E-state index >= 15 is 0 Å². The number of carbonyl (C=O) groups is 1. The van der Waals surface area contributed by atoms with Gasteiger partial charge in [-0.25, -0.2) is 9.78 Å². The lowest BCUT2D eigenvalue weighted by Gasteiger charge is -2.17. The molecule has 4 nitrogen and oxygen atoms in total. The van der Waals surface area contributed by atoms with Crippen molar-refractivity contribution in [3.63, 3.8) is 0 Å². The van der Waals surface area contributed by atoms with Crippen molar-refractivity contribution in [1.82, 2.24) is 4.98 Å². The van der Waals surface area contributed by atoms with Crippen LogP contribution in [0.4, 0.5) is 0 Å². The molecule has 4 heteroatoms. The van der Waals surface area contributed by atoms with Gasteiger partial charge in [0, 0.05) is 16.3 Å². The number of rotatable bonds is 4. The zero-order chi connectivity index (χ0) is 20.5. The van der Waals surface area contributed by atoms with Gasteiger partial charge in [0.2, 0.25) is 0 Å². The van der Waals surface area contributed by atoms with Crippen LogP contribution in [0.2, 0.25) is 0 Å². The number of nitrogens with zero attached hydrogens (tertiary/aromatic N) is 1. The standard InChI is InChI=1S/C26H17NO3/c28-26(29)24-21-15-18-11-7-8-14-22(18)27-23(21)16-20(17-9-3-1-4-10-17)25(24)30-19-12-5-2-6-13-19/h1-16H,(H,28,29). The van der Waals surface area contributed by atoms with Crippen molar-refractivity contribution in [2.24, 2.45) is 0 Å². The van der Waals surface area contributed by atoms with E-state index in [4.69, 9.17) is 9.72 Å². The monoisotopic (exact) mass is 391 g/mol. The molecule has 0 saturated heterocycles. The quantitative estimate of drug-likeness (QED) is 0.353. The molecule has 0 atom stereocenters. The molecule has 0 saturated carbocycles. The summed E-state index contributed by atoms with van der Waals surface area (Å²) in [5, 5.41) is 11.6. The van der Waals surface area contributed by atoms with Crippen molar-refractivity contribution in [2.75, 3.05) is 0 Å². The van der Waals surface area contributed by atoms with Gasteiger partial charge in [0.15, 0.2) is 5.75 Å². The highest BCUT2D eigenvalue weighted by Gasteiger charge is 2.23. The van der Waals surface area contributed by atoms with Crippen molar-refractivity contribution in [2.45, 2.75) is 0 Å². The second-order valence-electron chi connectivity index (χ2n) is 6.96. The number of hydrogen-bond acceptors (Lipinski definition) is 3. The topological polar surface area (TPSA) is 59.4 Å². The maximum Gasteiger partial charge on any atom is 0.340 e. The summed E-state index contributed by atoms with van der Waals surface area (Å²) in [5.74, 6) is -0.171. The lowest BCUT2D eigenvalue weighted by atomic mass is 9.96. The van der Waals surface area contributed by atoms with Crippen LogP contribution in [-0.4, -0.2) is 16.1 Å². The molecule has 1 heterocycles. The molecule has 0 fully saturated rings. The number of para-hydroxylation sites is 2. The Balaban J connectivity index is 1.88. The number of carboxylic acids is 1. The molecule has 0 unspecified atom stereocenters. The van der Waals surface area contributed by atoms with Crippen molar-refractivity contribution >= 4 is 27.8 Å². The Bertz CT molecular complexity index is 1380. The summed E-state index contributed by atoms with van der Waals surface area (Å²) in [6.45, 7) is 0. The van der Waals surface area contributed by atoms with Gasteiger partial charge in [-0.05, 0) is 35.9 Å². The summed E-state index contributed by atoms with van der Waals surface area (Å²) in [6.07, 6.45) is 0. The van der Waals surface area contributed by atoms with Crippen LogP contribution in [0.3, 0.4) is 0 Å². The van der Waals surface area contributed by atoms with Crippen LogP contribution in [0.1, 0.15) is 10.4 Å². The third-order valence-electron chi connectivity index (χ3n) is 5.04. The zero-order valence-electron chi connectivity index (χ0n) is 15.9. The lowest BCUT2D eigenvalue weighted by Crippen LogP contribution is -2.04. The smallest absolute Gasteiger partial charge is 0.340 e. The van der Waals surface area contributed by atoms with Gasteiger partial charge >= 0.3 is 5.97 Å². The van der Waals surface area contributed by atoms with E-state index in [1.807, 2.05) is 97.1 Å². The molecule has 0 bridgehead atoms. The van der Waals surface area contributed by atoms with Gasteiger partial charge in [-0.3, -0.25) is 0 Å². The molecule has 1 N–H and O–H groups in total. The highest BCUT2D eigenvalue weighted by atomic mass is 16.5. The van der Waals surface area contributed by atoms with Crippen molar-refractivity contribution in [3.05, 3.63) is 103 Å². The van der Waals surface area contributed by atoms with E-state index in [0.29, 0.717) is 28.0 Å². The first-order chi connectivity index (χ1) is 14.7. The predicted octanol–water partition coefficient (Wildman–Crippen LogP) is 6.55. The predicted molar refractivity (Wildman–Crippen MR) is 118 cm³/mol. The molecule has 0 spiro atoms. The van der Waals surface area contributed by atoms with E-state index in [-0.39, 0.29) is 5.56 Å². The Morgan fingerprint density at radius 3 is 2.17 bits per heavy atom. The Morgan fingerprint density at radius 1 is 0.767 bits per heavy atom. The number of benzene rings is 4. The fraction of sp³-hybridized carbons (Fsp3) is 0. The van der Waals surface area contributed by atoms with Crippen molar-refractivity contribution < 1.29 is 14.6 Å². The zero-order valence-corrected chi connectivity index (χ0v) is 15.9. The van der Waals surface area contributed by atoms with Crippen LogP contribution in [0.5, 0.6) is 11.5 Å². The van der Waals surface area contributed by atoms with Gasteiger partial charge in [-0.15, -0.1) is 0 Å². The molecule has 0 amide bonds. The first-order valence-electron chi connectivity index (χ1n) is 9.59. The van der Waals surface area contributed by atoms with Crippen molar-refractivity contribution in [3.8, 4) is 22.6 Å². The van der Waals surface area contributed by atoms with E-state index in [1.54, 1.807) is 0 Å². The first-order valence-corrected chi connectivity index (χ1v) is 9.59. The average molecular weight is 391 g/mol. The highest BCUT2D eigenvalue weighted by Crippen LogP contribution is 2.41. The minimum Gasteiger partial charge on any atom is -0.478 e. The first kappa shape index (κ1) is 17.9. The van der Waals surface area contributed by atoms with Gasteiger partial charge < -0.3 is 9.84 Å². The second kappa shape index (κ2) is 7.33. The number of ether oxygens (including phenoxy) is 1. The molecule has 0 aliphatic heterocycles. The van der Waals surface area contributed by atoms with E-state index in [9.17, 15) is 9.90 Å². The molecule has 0 aliphatic rings. The minimum absolute atomic E-state index is 0.105. The highest BCUT2D eigenvalue weighted by molar-refractivity contribution is 6.10. The summed E-state index contributed by atoms with van der Waals surface area (Å²) in [6, 6.07) is 30.3. The molecule has 0 radical (unpaired) electrons. The molecule has 4 aromatic carbocycles. The summed E-state index contributed by atoms with van der Waals surface area (Å²) < 4.78 is 6.17. The summed E-state index contributed by atoms with van der Waals surface area (Å²) in [5.41, 5.74) is 3.09. The molecular formula is C26H17NO3. The van der Waals surface area contributed by atoms with Crippen molar-refractivity contribution in [1.29, 1.82) is 0 Å². The SMILES string of the molecule is O=C(O)c1c(Oc2ccccc2)c(-c2ccccc2)cc2nc3ccccc3cc12. The van der Waals surface area contributed by atoms with Crippen LogP contribution in [0, 0.1) is 0 Å². The number of carboxylic acid groups (broad SMARTS) is 1. The normalized spacial score (nSPS) is 10.9. The van der Waals surface area contributed by atoms with Gasteiger partial charge in [-0.2, -0.15) is 0 Å². The fourth-order valence-electron chi connectivity index (χ4n) is 3.66. The van der Waals surface area contributed by atoms with E-state index < -0.39 is 5.97 Å². The van der Waals surface area contributed by atoms with E-state index in [2.05, 4.69) is 0 Å². The van der Waals surface area contributed by atoms with Crippen LogP contribution < -0.4 is 4.74 Å². The molecular weight excluding hydrogens is 374 g/mol. The van der Waals surface area contributed by atoms with Gasteiger partial charge in [0.05, 0.1) is 11.0 Å². The summed E-state index contributed by atoms with van der Waals surface area (Å²) in [7, 11) is 0. The Hall–Kier alpha value is -4.18. The molecule has 5 rings (SSSR count). The van der Waals surface area contributed by atoms with Gasteiger partial charge in [0.25, 0.3) is 0 Å². The number of pyridine rings is 1. The maximum atomic E-state index is 12.4. The molecule has 5 aromatic rings. The van der Waals surface area contributed by atoms with E-state index in [0.717, 1.165) is 16.5 Å². The number of hydrogen-bond donors (Lipinski definition) is 1. The largest absolute Gasteiger partial charge is 0.478 e. The molecule has 1 aromatic heterocycles. The fourth-order valence-corrected chi connectivity index (χ4v) is 3.66. The van der Waals surface area contributed by atoms with E-state index in [1.165, 1.54) is 0 Å². The lowest BCUT2D eigenvalue weighted by molar-refractivity contribution is 0.0696. The molecule has 30 heavy (non-hydrogen) atoms. The molecule has 144 valence electrons. The Kier molecular flexibility index (Phi) is 4.37. The number of fused-ring (bicyclic) bond motifs is 2. The minimum atomic E-state index is -1.05. The number of aromatic nitrogens is 1. The average Bonchev–Trinajstić information content (AvgIpc) is 2.78. The van der Waals surface area contributed by atoms with Gasteiger partial charge in [0.1, 0.15) is 11.3 Å². The third-order valence-corrected chi connectivity index (χ3v) is 5.04. The van der Waals surface area contributed by atoms with Crippen LogP contribution in [0.15, 0.2) is 97.1 Å². The second-order valence-corrected chi connectivity index (χ2v) is 6.96. The Labute approximate surface area is 173 Å². The van der Waals surface area contributed by atoms with Crippen LogP contribution >= 0.6 is 0 Å². The van der Waals surface area contributed by atoms with Crippen LogP contribution in [-0.2, 0) is 0 Å². The van der Waals surface area contributed by atoms with Gasteiger partial charge in [-0.1, -0.05) is 66.7 Å². The molecule has 0 aliphatic carbocycles. The Morgan fingerprint density at radius 2 is 1.43 bits per heavy atom. The summed E-state index contributed by atoms with van der Waals surface area (Å²) >= 11 is 0. The maximum absolute atomic E-state index is 12.4.